The smallest absolute Gasteiger partial charge is 0.137 e. The minimum Gasteiger partial charge on any atom is -0.457 e. The van der Waals surface area contributed by atoms with Gasteiger partial charge in [-0.1, -0.05) is 159 Å². The van der Waals surface area contributed by atoms with E-state index in [0.29, 0.717) is 6.67 Å². The molecule has 1 aliphatic heterocycles. The molecule has 0 radical (unpaired) electrons. The molecule has 0 saturated carbocycles. The second-order valence-corrected chi connectivity index (χ2v) is 21.4. The molecule has 5 heteroatoms. The Bertz CT molecular complexity index is 3250. The highest BCUT2D eigenvalue weighted by Gasteiger charge is 2.47. The summed E-state index contributed by atoms with van der Waals surface area (Å²) in [6, 6.07) is 62.3. The fourth-order valence-electron chi connectivity index (χ4n) is 10.5. The van der Waals surface area contributed by atoms with Crippen LogP contribution >= 0.6 is 0 Å². The van der Waals surface area contributed by atoms with Crippen LogP contribution in [0.4, 0.5) is 22.7 Å². The predicted octanol–water partition coefficient (Wildman–Crippen LogP) is 15.8. The van der Waals surface area contributed by atoms with Crippen molar-refractivity contribution in [1.82, 2.24) is 9.55 Å². The zero-order chi connectivity index (χ0) is 45.8. The zero-order valence-corrected chi connectivity index (χ0v) is 39.6. The molecule has 0 spiro atoms. The Kier molecular flexibility index (Phi) is 9.43. The molecule has 9 aromatic rings. The van der Waals surface area contributed by atoms with Gasteiger partial charge in [0.1, 0.15) is 24.0 Å². The van der Waals surface area contributed by atoms with E-state index >= 15 is 0 Å². The number of hydrogen-bond donors (Lipinski definition) is 0. The van der Waals surface area contributed by atoms with Gasteiger partial charge in [0.05, 0.1) is 27.8 Å². The van der Waals surface area contributed by atoms with Crippen molar-refractivity contribution in [3.8, 4) is 17.3 Å². The topological polar surface area (TPSA) is 33.5 Å². The second kappa shape index (κ2) is 15.0. The van der Waals surface area contributed by atoms with Crippen molar-refractivity contribution < 1.29 is 4.74 Å². The monoisotopic (exact) mass is 862 g/mol. The lowest BCUT2D eigenvalue weighted by Gasteiger charge is -2.35. The average Bonchev–Trinajstić information content (AvgIpc) is 3.96. The highest BCUT2D eigenvalue weighted by atomic mass is 16.5. The normalized spacial score (nSPS) is 14.4. The first-order valence-corrected chi connectivity index (χ1v) is 23.4. The van der Waals surface area contributed by atoms with Gasteiger partial charge in [-0.15, -0.1) is 0 Å². The maximum atomic E-state index is 7.18. The number of hydrogen-bond acceptors (Lipinski definition) is 4. The van der Waals surface area contributed by atoms with Crippen LogP contribution in [0.15, 0.2) is 176 Å². The lowest BCUT2D eigenvalue weighted by molar-refractivity contribution is 0.482. The van der Waals surface area contributed by atoms with Crippen molar-refractivity contribution >= 4 is 44.6 Å². The Morgan fingerprint density at radius 3 is 1.65 bits per heavy atom. The first-order chi connectivity index (χ1) is 31.6. The third kappa shape index (κ3) is 6.62. The lowest BCUT2D eigenvalue weighted by Crippen LogP contribution is -2.29. The molecule has 1 aliphatic carbocycles. The van der Waals surface area contributed by atoms with E-state index in [-0.39, 0.29) is 16.2 Å². The number of fused-ring (bicyclic) bond motifs is 1. The molecule has 7 aromatic carbocycles. The van der Waals surface area contributed by atoms with Gasteiger partial charge in [0.2, 0.25) is 0 Å². The molecular formula is C61H58N4O. The van der Waals surface area contributed by atoms with Gasteiger partial charge >= 0.3 is 0 Å². The van der Waals surface area contributed by atoms with Gasteiger partial charge in [0, 0.05) is 40.5 Å². The van der Waals surface area contributed by atoms with Crippen LogP contribution in [0.2, 0.25) is 0 Å². The quantitative estimate of drug-likeness (QED) is 0.160. The van der Waals surface area contributed by atoms with E-state index in [1.54, 1.807) is 0 Å². The van der Waals surface area contributed by atoms with Crippen LogP contribution in [-0.4, -0.2) is 16.2 Å². The fourth-order valence-corrected chi connectivity index (χ4v) is 10.5. The lowest BCUT2D eigenvalue weighted by atomic mass is 9.67. The number of para-hydroxylation sites is 2. The van der Waals surface area contributed by atoms with Crippen molar-refractivity contribution in [2.24, 2.45) is 0 Å². The minimum atomic E-state index is -0.578. The van der Waals surface area contributed by atoms with Crippen LogP contribution in [0.3, 0.4) is 0 Å². The second-order valence-electron chi connectivity index (χ2n) is 21.4. The Labute approximate surface area is 390 Å². The van der Waals surface area contributed by atoms with Gasteiger partial charge in [-0.2, -0.15) is 0 Å². The van der Waals surface area contributed by atoms with E-state index in [9.17, 15) is 0 Å². The Balaban J connectivity index is 1.07. The summed E-state index contributed by atoms with van der Waals surface area (Å²) in [7, 11) is 0. The minimum absolute atomic E-state index is 0.00804. The van der Waals surface area contributed by atoms with Gasteiger partial charge in [-0.25, -0.2) is 4.98 Å². The summed E-state index contributed by atoms with van der Waals surface area (Å²) in [5, 5.41) is 2.49. The fraction of sp³-hybridized carbons (Fsp3) is 0.230. The summed E-state index contributed by atoms with van der Waals surface area (Å²) < 4.78 is 9.53. The van der Waals surface area contributed by atoms with Crippen LogP contribution in [0.1, 0.15) is 101 Å². The number of rotatable bonds is 7. The van der Waals surface area contributed by atoms with Crippen LogP contribution < -0.4 is 14.5 Å². The maximum absolute atomic E-state index is 7.18. The third-order valence-electron chi connectivity index (χ3n) is 14.0. The van der Waals surface area contributed by atoms with Crippen LogP contribution in [-0.2, 0) is 21.7 Å². The van der Waals surface area contributed by atoms with Crippen LogP contribution in [0.25, 0.3) is 27.6 Å². The molecule has 0 amide bonds. The van der Waals surface area contributed by atoms with E-state index in [1.807, 2.05) is 6.20 Å². The molecular weight excluding hydrogens is 805 g/mol. The largest absolute Gasteiger partial charge is 0.457 e. The number of benzene rings is 7. The number of pyridine rings is 1. The van der Waals surface area contributed by atoms with Crippen molar-refractivity contribution in [2.45, 2.75) is 84.0 Å². The van der Waals surface area contributed by atoms with Crippen LogP contribution in [0.5, 0.6) is 11.5 Å². The molecule has 0 saturated heterocycles. The molecule has 0 atom stereocenters. The zero-order valence-electron chi connectivity index (χ0n) is 39.6. The summed E-state index contributed by atoms with van der Waals surface area (Å²) in [6.45, 7) is 21.3. The van der Waals surface area contributed by atoms with Gasteiger partial charge in [0.25, 0.3) is 0 Å². The molecule has 0 N–H and O–H groups in total. The van der Waals surface area contributed by atoms with Crippen LogP contribution in [0, 0.1) is 0 Å². The van der Waals surface area contributed by atoms with Gasteiger partial charge in [0.15, 0.2) is 0 Å². The maximum Gasteiger partial charge on any atom is 0.137 e. The standard InChI is InChI=1S/C61H58N4O/c1-58(2,3)42-30-31-62-55(35-42)65-53-29-19-26-49-56(53)57-50(61(49,40-20-12-10-13-21-40)41-22-14-11-15-23-41)37-48(38-54(57)65)66-47-25-18-24-45(36-47)63-39-64(52-28-17-16-27-51(52)63)46-33-43(59(4,5)6)32-44(34-46)60(7,8)9/h10-38H,39H2,1-9H3. The highest BCUT2D eigenvalue weighted by molar-refractivity contribution is 6.18. The third-order valence-corrected chi connectivity index (χ3v) is 14.0. The molecule has 0 fully saturated rings. The number of ether oxygens (including phenoxy) is 1. The molecule has 2 aromatic heterocycles. The van der Waals surface area contributed by atoms with Gasteiger partial charge < -0.3 is 14.5 Å². The number of nitrogens with zero attached hydrogens (tertiary/aromatic N) is 4. The molecule has 3 heterocycles. The Morgan fingerprint density at radius 2 is 1.03 bits per heavy atom. The van der Waals surface area contributed by atoms with E-state index in [0.717, 1.165) is 34.0 Å². The molecule has 11 rings (SSSR count). The molecule has 66 heavy (non-hydrogen) atoms. The molecule has 0 unspecified atom stereocenters. The molecule has 5 nitrogen and oxygen atoms in total. The van der Waals surface area contributed by atoms with Crippen molar-refractivity contribution in [3.63, 3.8) is 0 Å². The van der Waals surface area contributed by atoms with Gasteiger partial charge in [-0.05, 0) is 116 Å². The summed E-state index contributed by atoms with van der Waals surface area (Å²) in [5.74, 6) is 2.45. The molecule has 0 bridgehead atoms. The summed E-state index contributed by atoms with van der Waals surface area (Å²) in [6.07, 6.45) is 1.95. The van der Waals surface area contributed by atoms with Crippen molar-refractivity contribution in [1.29, 1.82) is 0 Å². The first kappa shape index (κ1) is 41.6. The molecule has 2 aliphatic rings. The van der Waals surface area contributed by atoms with E-state index < -0.39 is 5.41 Å². The Morgan fingerprint density at radius 1 is 0.455 bits per heavy atom. The van der Waals surface area contributed by atoms with Crippen molar-refractivity contribution in [3.05, 3.63) is 215 Å². The van der Waals surface area contributed by atoms with Gasteiger partial charge in [-0.3, -0.25) is 4.57 Å². The average molecular weight is 863 g/mol. The molecule has 328 valence electrons. The number of anilines is 4. The first-order valence-electron chi connectivity index (χ1n) is 23.4. The van der Waals surface area contributed by atoms with Crippen molar-refractivity contribution in [2.75, 3.05) is 16.5 Å². The Hall–Kier alpha value is -7.11. The number of aromatic nitrogens is 2. The summed E-state index contributed by atoms with van der Waals surface area (Å²) >= 11 is 0. The summed E-state index contributed by atoms with van der Waals surface area (Å²) in [5.41, 5.74) is 15.1. The summed E-state index contributed by atoms with van der Waals surface area (Å²) in [4.78, 5) is 9.93. The van der Waals surface area contributed by atoms with E-state index in [1.165, 1.54) is 66.8 Å². The highest BCUT2D eigenvalue weighted by Crippen LogP contribution is 2.58. The van der Waals surface area contributed by atoms with E-state index in [4.69, 9.17) is 9.72 Å². The predicted molar refractivity (Wildman–Crippen MR) is 275 cm³/mol. The SMILES string of the molecule is CC(C)(C)c1cc(N2CN(c3cccc(Oc4cc5c6c7c(cccc7n(-c7cc(C(C)(C)C)ccn7)c6c4)C5(c4ccccc4)c4ccccc4)c3)c3ccccc32)cc(C(C)(C)C)c1. The van der Waals surface area contributed by atoms with E-state index in [2.05, 4.69) is 247 Å².